The summed E-state index contributed by atoms with van der Waals surface area (Å²) in [5.41, 5.74) is 7.25. The molecule has 0 atom stereocenters. The third-order valence-corrected chi connectivity index (χ3v) is 1.54. The molecule has 0 bridgehead atoms. The number of terminal acetylenes is 1. The quantitative estimate of drug-likeness (QED) is 0.518. The number of carbonyl (C=O) groups is 1. The zero-order chi connectivity index (χ0) is 9.84. The van der Waals surface area contributed by atoms with Crippen molar-refractivity contribution < 1.29 is 9.90 Å². The SMILES string of the molecule is C#Cc1cc(N)cc(CC(=O)O)c1. The summed E-state index contributed by atoms with van der Waals surface area (Å²) < 4.78 is 0. The van der Waals surface area contributed by atoms with Crippen molar-refractivity contribution in [2.24, 2.45) is 0 Å². The van der Waals surface area contributed by atoms with Crippen LogP contribution in [0.15, 0.2) is 18.2 Å². The van der Waals surface area contributed by atoms with E-state index in [1.165, 1.54) is 0 Å². The highest BCUT2D eigenvalue weighted by molar-refractivity contribution is 5.71. The summed E-state index contributed by atoms with van der Waals surface area (Å²) in [4.78, 5) is 10.4. The van der Waals surface area contributed by atoms with Crippen LogP contribution in [0.1, 0.15) is 11.1 Å². The molecule has 66 valence electrons. The van der Waals surface area contributed by atoms with Gasteiger partial charge in [0.05, 0.1) is 6.42 Å². The first-order valence-corrected chi connectivity index (χ1v) is 3.69. The van der Waals surface area contributed by atoms with E-state index in [-0.39, 0.29) is 6.42 Å². The van der Waals surface area contributed by atoms with Crippen molar-refractivity contribution >= 4 is 11.7 Å². The molecule has 3 heteroatoms. The molecule has 0 aliphatic carbocycles. The highest BCUT2D eigenvalue weighted by atomic mass is 16.4. The van der Waals surface area contributed by atoms with Crippen molar-refractivity contribution in [1.29, 1.82) is 0 Å². The van der Waals surface area contributed by atoms with Gasteiger partial charge in [-0.1, -0.05) is 5.92 Å². The summed E-state index contributed by atoms with van der Waals surface area (Å²) in [6.07, 6.45) is 5.11. The number of carboxylic acids is 1. The first-order valence-electron chi connectivity index (χ1n) is 3.69. The minimum atomic E-state index is -0.895. The average molecular weight is 175 g/mol. The van der Waals surface area contributed by atoms with Crippen molar-refractivity contribution in [3.8, 4) is 12.3 Å². The average Bonchev–Trinajstić information content (AvgIpc) is 2.01. The van der Waals surface area contributed by atoms with Gasteiger partial charge in [-0.15, -0.1) is 6.42 Å². The third kappa shape index (κ3) is 2.53. The van der Waals surface area contributed by atoms with Crippen molar-refractivity contribution in [3.63, 3.8) is 0 Å². The standard InChI is InChI=1S/C10H9NO2/c1-2-7-3-8(6-10(12)13)5-9(11)4-7/h1,3-5H,6,11H2,(H,12,13). The molecule has 0 radical (unpaired) electrons. The molecule has 1 rings (SSSR count). The van der Waals surface area contributed by atoms with Crippen LogP contribution in [0.2, 0.25) is 0 Å². The van der Waals surface area contributed by atoms with Gasteiger partial charge >= 0.3 is 5.97 Å². The van der Waals surface area contributed by atoms with E-state index in [2.05, 4.69) is 5.92 Å². The number of nitrogens with two attached hydrogens (primary N) is 1. The van der Waals surface area contributed by atoms with Crippen LogP contribution < -0.4 is 5.73 Å². The summed E-state index contributed by atoms with van der Waals surface area (Å²) in [6, 6.07) is 4.88. The zero-order valence-corrected chi connectivity index (χ0v) is 6.95. The fourth-order valence-corrected chi connectivity index (χ4v) is 1.08. The van der Waals surface area contributed by atoms with Crippen LogP contribution in [0.4, 0.5) is 5.69 Å². The number of aliphatic carboxylic acids is 1. The molecule has 1 aromatic rings. The van der Waals surface area contributed by atoms with E-state index in [0.29, 0.717) is 16.8 Å². The maximum Gasteiger partial charge on any atom is 0.307 e. The second-order valence-corrected chi connectivity index (χ2v) is 2.68. The van der Waals surface area contributed by atoms with Gasteiger partial charge in [0.2, 0.25) is 0 Å². The summed E-state index contributed by atoms with van der Waals surface area (Å²) in [5.74, 6) is 1.51. The first-order chi connectivity index (χ1) is 6.11. The first kappa shape index (κ1) is 9.14. The lowest BCUT2D eigenvalue weighted by Gasteiger charge is -2.00. The molecule has 1 aromatic carbocycles. The van der Waals surface area contributed by atoms with Crippen molar-refractivity contribution in [2.45, 2.75) is 6.42 Å². The van der Waals surface area contributed by atoms with Crippen LogP contribution in [-0.4, -0.2) is 11.1 Å². The van der Waals surface area contributed by atoms with Crippen LogP contribution in [0, 0.1) is 12.3 Å². The normalized spacial score (nSPS) is 9.15. The molecule has 3 nitrogen and oxygen atoms in total. The van der Waals surface area contributed by atoms with Gasteiger partial charge < -0.3 is 10.8 Å². The van der Waals surface area contributed by atoms with Gasteiger partial charge in [0.25, 0.3) is 0 Å². The Labute approximate surface area is 76.2 Å². The van der Waals surface area contributed by atoms with E-state index in [1.807, 2.05) is 0 Å². The number of hydrogen-bond acceptors (Lipinski definition) is 2. The molecule has 0 saturated heterocycles. The molecule has 0 aliphatic heterocycles. The Morgan fingerprint density at radius 3 is 2.77 bits per heavy atom. The van der Waals surface area contributed by atoms with E-state index in [9.17, 15) is 4.79 Å². The van der Waals surface area contributed by atoms with Gasteiger partial charge in [0.15, 0.2) is 0 Å². The fraction of sp³-hybridized carbons (Fsp3) is 0.100. The van der Waals surface area contributed by atoms with Crippen LogP contribution in [-0.2, 0) is 11.2 Å². The molecule has 0 unspecified atom stereocenters. The number of nitrogen functional groups attached to an aromatic ring is 1. The van der Waals surface area contributed by atoms with Crippen LogP contribution >= 0.6 is 0 Å². The maximum absolute atomic E-state index is 10.4. The molecule has 0 heterocycles. The largest absolute Gasteiger partial charge is 0.481 e. The Morgan fingerprint density at radius 1 is 1.54 bits per heavy atom. The van der Waals surface area contributed by atoms with Gasteiger partial charge in [-0.25, -0.2) is 0 Å². The van der Waals surface area contributed by atoms with Gasteiger partial charge in [-0.05, 0) is 23.8 Å². The Kier molecular flexibility index (Phi) is 2.56. The van der Waals surface area contributed by atoms with E-state index >= 15 is 0 Å². The van der Waals surface area contributed by atoms with E-state index < -0.39 is 5.97 Å². The van der Waals surface area contributed by atoms with Crippen molar-refractivity contribution in [3.05, 3.63) is 29.3 Å². The second-order valence-electron chi connectivity index (χ2n) is 2.68. The maximum atomic E-state index is 10.4. The molecule has 0 fully saturated rings. The topological polar surface area (TPSA) is 63.3 Å². The van der Waals surface area contributed by atoms with Gasteiger partial charge in [0, 0.05) is 11.3 Å². The summed E-state index contributed by atoms with van der Waals surface area (Å²) in [5, 5.41) is 8.53. The Morgan fingerprint density at radius 2 is 2.23 bits per heavy atom. The highest BCUT2D eigenvalue weighted by Gasteiger charge is 2.02. The lowest BCUT2D eigenvalue weighted by Crippen LogP contribution is -2.01. The van der Waals surface area contributed by atoms with E-state index in [0.717, 1.165) is 0 Å². The summed E-state index contributed by atoms with van der Waals surface area (Å²) in [6.45, 7) is 0. The number of carboxylic acid groups (broad SMARTS) is 1. The molecule has 3 N–H and O–H groups in total. The number of anilines is 1. The second kappa shape index (κ2) is 3.63. The Hall–Kier alpha value is -1.95. The summed E-state index contributed by atoms with van der Waals surface area (Å²) >= 11 is 0. The monoisotopic (exact) mass is 175 g/mol. The van der Waals surface area contributed by atoms with Gasteiger partial charge in [0.1, 0.15) is 0 Å². The number of rotatable bonds is 2. The predicted octanol–water partition coefficient (Wildman–Crippen LogP) is 0.877. The van der Waals surface area contributed by atoms with Gasteiger partial charge in [-0.2, -0.15) is 0 Å². The van der Waals surface area contributed by atoms with Gasteiger partial charge in [-0.3, -0.25) is 4.79 Å². The molecule has 0 aliphatic rings. The Bertz CT molecular complexity index is 377. The van der Waals surface area contributed by atoms with E-state index in [4.69, 9.17) is 17.3 Å². The molecule has 13 heavy (non-hydrogen) atoms. The minimum absolute atomic E-state index is 0.0558. The third-order valence-electron chi connectivity index (χ3n) is 1.54. The van der Waals surface area contributed by atoms with Crippen molar-refractivity contribution in [1.82, 2.24) is 0 Å². The Balaban J connectivity index is 3.03. The number of hydrogen-bond donors (Lipinski definition) is 2. The zero-order valence-electron chi connectivity index (χ0n) is 6.95. The summed E-state index contributed by atoms with van der Waals surface area (Å²) in [7, 11) is 0. The lowest BCUT2D eigenvalue weighted by atomic mass is 10.1. The molecule has 0 amide bonds. The molecule has 0 saturated carbocycles. The number of benzene rings is 1. The fourth-order valence-electron chi connectivity index (χ4n) is 1.08. The predicted molar refractivity (Wildman–Crippen MR) is 50.1 cm³/mol. The smallest absolute Gasteiger partial charge is 0.307 e. The molecule has 0 spiro atoms. The lowest BCUT2D eigenvalue weighted by molar-refractivity contribution is -0.136. The van der Waals surface area contributed by atoms with Crippen LogP contribution in [0.5, 0.6) is 0 Å². The minimum Gasteiger partial charge on any atom is -0.481 e. The molecular formula is C10H9NO2. The van der Waals surface area contributed by atoms with Crippen LogP contribution in [0.25, 0.3) is 0 Å². The molecule has 0 aromatic heterocycles. The highest BCUT2D eigenvalue weighted by Crippen LogP contribution is 2.11. The van der Waals surface area contributed by atoms with Crippen LogP contribution in [0.3, 0.4) is 0 Å². The van der Waals surface area contributed by atoms with E-state index in [1.54, 1.807) is 18.2 Å². The molecular weight excluding hydrogens is 166 g/mol. The van der Waals surface area contributed by atoms with Crippen molar-refractivity contribution in [2.75, 3.05) is 5.73 Å².